The van der Waals surface area contributed by atoms with Crippen molar-refractivity contribution in [1.29, 1.82) is 0 Å². The lowest BCUT2D eigenvalue weighted by Gasteiger charge is -2.15. The van der Waals surface area contributed by atoms with E-state index in [9.17, 15) is 9.59 Å². The molecule has 6 heteroatoms. The van der Waals surface area contributed by atoms with Gasteiger partial charge in [0.25, 0.3) is 0 Å². The van der Waals surface area contributed by atoms with Gasteiger partial charge in [-0.15, -0.1) is 0 Å². The Hall–Kier alpha value is -4.32. The molecule has 1 heterocycles. The van der Waals surface area contributed by atoms with Crippen molar-refractivity contribution in [3.8, 4) is 22.6 Å². The zero-order valence-corrected chi connectivity index (χ0v) is 21.1. The Bertz CT molecular complexity index is 1480. The molecule has 0 radical (unpaired) electrons. The van der Waals surface area contributed by atoms with Gasteiger partial charge in [-0.25, -0.2) is 0 Å². The van der Waals surface area contributed by atoms with Gasteiger partial charge in [0.2, 0.25) is 5.91 Å². The zero-order valence-electron chi connectivity index (χ0n) is 21.1. The first-order valence-electron chi connectivity index (χ1n) is 11.8. The summed E-state index contributed by atoms with van der Waals surface area (Å²) in [5, 5.41) is 3.75. The highest BCUT2D eigenvalue weighted by Gasteiger charge is 2.20. The van der Waals surface area contributed by atoms with E-state index < -0.39 is 0 Å². The number of ether oxygens (including phenoxy) is 2. The Labute approximate surface area is 210 Å². The van der Waals surface area contributed by atoms with Gasteiger partial charge in [-0.1, -0.05) is 30.3 Å². The van der Waals surface area contributed by atoms with Crippen LogP contribution in [0.15, 0.2) is 71.4 Å². The number of para-hydroxylation sites is 1. The quantitative estimate of drug-likeness (QED) is 0.214. The SMILES string of the molecule is CCOc1c(/C(C)=C/C(=O)Nc2cccc(C(C)=O)c2)cc2c(-c3ccccc3OC)coc2c1C. The van der Waals surface area contributed by atoms with E-state index in [-0.39, 0.29) is 11.7 Å². The van der Waals surface area contributed by atoms with Crippen LogP contribution >= 0.6 is 0 Å². The normalized spacial score (nSPS) is 11.4. The molecule has 0 atom stereocenters. The molecule has 1 amide bonds. The highest BCUT2D eigenvalue weighted by Crippen LogP contribution is 2.42. The fraction of sp³-hybridized carbons (Fsp3) is 0.200. The molecular weight excluding hydrogens is 454 g/mol. The Balaban J connectivity index is 1.78. The van der Waals surface area contributed by atoms with Gasteiger partial charge in [-0.05, 0) is 57.5 Å². The van der Waals surface area contributed by atoms with Gasteiger partial charge in [0.05, 0.1) is 20.0 Å². The first kappa shape index (κ1) is 24.8. The monoisotopic (exact) mass is 483 g/mol. The minimum absolute atomic E-state index is 0.0612. The number of hydrogen-bond acceptors (Lipinski definition) is 5. The van der Waals surface area contributed by atoms with E-state index in [4.69, 9.17) is 13.9 Å². The molecule has 0 bridgehead atoms. The molecule has 36 heavy (non-hydrogen) atoms. The third-order valence-corrected chi connectivity index (χ3v) is 6.04. The largest absolute Gasteiger partial charge is 0.496 e. The maximum absolute atomic E-state index is 12.9. The van der Waals surface area contributed by atoms with Crippen molar-refractivity contribution in [2.24, 2.45) is 0 Å². The number of carbonyl (C=O) groups excluding carboxylic acids is 2. The molecule has 0 aliphatic heterocycles. The second-order valence-electron chi connectivity index (χ2n) is 8.49. The van der Waals surface area contributed by atoms with Gasteiger partial charge < -0.3 is 19.2 Å². The highest BCUT2D eigenvalue weighted by molar-refractivity contribution is 6.06. The average Bonchev–Trinajstić information content (AvgIpc) is 3.29. The standard InChI is InChI=1S/C30H29NO5/c1-6-35-29-19(3)30-25(26(17-36-30)23-12-7-8-13-27(23)34-5)16-24(29)18(2)14-28(33)31-22-11-9-10-21(15-22)20(4)32/h7-17H,6H2,1-5H3,(H,31,33)/b18-14+. The molecular formula is C30H29NO5. The van der Waals surface area contributed by atoms with Crippen LogP contribution in [0.2, 0.25) is 0 Å². The fourth-order valence-corrected chi connectivity index (χ4v) is 4.28. The molecule has 0 saturated heterocycles. The second kappa shape index (κ2) is 10.5. The van der Waals surface area contributed by atoms with E-state index >= 15 is 0 Å². The van der Waals surface area contributed by atoms with Gasteiger partial charge in [-0.2, -0.15) is 0 Å². The third-order valence-electron chi connectivity index (χ3n) is 6.04. The summed E-state index contributed by atoms with van der Waals surface area (Å²) in [6, 6.07) is 16.6. The molecule has 1 N–H and O–H groups in total. The smallest absolute Gasteiger partial charge is 0.248 e. The molecule has 0 fully saturated rings. The number of aryl methyl sites for hydroxylation is 1. The Morgan fingerprint density at radius 3 is 2.53 bits per heavy atom. The molecule has 1 aromatic heterocycles. The molecule has 0 unspecified atom stereocenters. The zero-order chi connectivity index (χ0) is 25.8. The number of fused-ring (bicyclic) bond motifs is 1. The predicted molar refractivity (Wildman–Crippen MR) is 143 cm³/mol. The van der Waals surface area contributed by atoms with Crippen molar-refractivity contribution in [2.45, 2.75) is 27.7 Å². The van der Waals surface area contributed by atoms with Crippen LogP contribution in [0.1, 0.15) is 42.3 Å². The number of anilines is 1. The number of hydrogen-bond donors (Lipinski definition) is 1. The molecule has 0 saturated carbocycles. The van der Waals surface area contributed by atoms with Crippen molar-refractivity contribution >= 4 is 33.9 Å². The first-order chi connectivity index (χ1) is 17.3. The molecule has 6 nitrogen and oxygen atoms in total. The average molecular weight is 484 g/mol. The summed E-state index contributed by atoms with van der Waals surface area (Å²) in [5.74, 6) is 1.05. The topological polar surface area (TPSA) is 77.8 Å². The van der Waals surface area contributed by atoms with Crippen LogP contribution in [0.5, 0.6) is 11.5 Å². The third kappa shape index (κ3) is 4.89. The van der Waals surface area contributed by atoms with E-state index in [1.165, 1.54) is 13.0 Å². The number of Topliss-reactive ketones (excluding diaryl/α,β-unsaturated/α-hetero) is 1. The van der Waals surface area contributed by atoms with Crippen LogP contribution in [-0.2, 0) is 4.79 Å². The summed E-state index contributed by atoms with van der Waals surface area (Å²) >= 11 is 0. The van der Waals surface area contributed by atoms with E-state index in [0.717, 1.165) is 44.5 Å². The minimum atomic E-state index is -0.300. The number of benzene rings is 3. The summed E-state index contributed by atoms with van der Waals surface area (Å²) < 4.78 is 17.6. The number of amides is 1. The molecule has 184 valence electrons. The van der Waals surface area contributed by atoms with Crippen LogP contribution in [0.25, 0.3) is 27.7 Å². The molecule has 0 aliphatic carbocycles. The molecule has 4 aromatic rings. The van der Waals surface area contributed by atoms with Gasteiger partial charge in [0.1, 0.15) is 17.1 Å². The number of rotatable bonds is 8. The van der Waals surface area contributed by atoms with Crippen LogP contribution in [0, 0.1) is 6.92 Å². The summed E-state index contributed by atoms with van der Waals surface area (Å²) in [5.41, 5.74) is 6.02. The van der Waals surface area contributed by atoms with Gasteiger partial charge in [0.15, 0.2) is 5.78 Å². The summed E-state index contributed by atoms with van der Waals surface area (Å²) in [6.45, 7) is 7.71. The summed E-state index contributed by atoms with van der Waals surface area (Å²) in [4.78, 5) is 24.5. The van der Waals surface area contributed by atoms with Crippen LogP contribution in [-0.4, -0.2) is 25.4 Å². The second-order valence-corrected chi connectivity index (χ2v) is 8.49. The summed E-state index contributed by atoms with van der Waals surface area (Å²) in [7, 11) is 1.64. The predicted octanol–water partition coefficient (Wildman–Crippen LogP) is 7.06. The maximum atomic E-state index is 12.9. The minimum Gasteiger partial charge on any atom is -0.496 e. The van der Waals surface area contributed by atoms with Crippen molar-refractivity contribution < 1.29 is 23.5 Å². The number of ketones is 1. The van der Waals surface area contributed by atoms with Gasteiger partial charge >= 0.3 is 0 Å². The molecule has 3 aromatic carbocycles. The maximum Gasteiger partial charge on any atom is 0.248 e. The molecule has 0 spiro atoms. The van der Waals surface area contributed by atoms with E-state index in [1.807, 2.05) is 51.1 Å². The molecule has 0 aliphatic rings. The molecule has 4 rings (SSSR count). The van der Waals surface area contributed by atoms with Crippen LogP contribution < -0.4 is 14.8 Å². The highest BCUT2D eigenvalue weighted by atomic mass is 16.5. The van der Waals surface area contributed by atoms with Gasteiger partial charge in [-0.3, -0.25) is 9.59 Å². The van der Waals surface area contributed by atoms with Crippen molar-refractivity contribution in [2.75, 3.05) is 19.0 Å². The Morgan fingerprint density at radius 1 is 1.03 bits per heavy atom. The first-order valence-corrected chi connectivity index (χ1v) is 11.8. The van der Waals surface area contributed by atoms with Crippen molar-refractivity contribution in [3.63, 3.8) is 0 Å². The fourth-order valence-electron chi connectivity index (χ4n) is 4.28. The lowest BCUT2D eigenvalue weighted by Crippen LogP contribution is -2.09. The van der Waals surface area contributed by atoms with E-state index in [2.05, 4.69) is 5.32 Å². The van der Waals surface area contributed by atoms with Crippen molar-refractivity contribution in [3.05, 3.63) is 83.6 Å². The Morgan fingerprint density at radius 2 is 1.81 bits per heavy atom. The van der Waals surface area contributed by atoms with Crippen LogP contribution in [0.4, 0.5) is 5.69 Å². The number of carbonyl (C=O) groups is 2. The van der Waals surface area contributed by atoms with E-state index in [0.29, 0.717) is 23.6 Å². The van der Waals surface area contributed by atoms with Crippen LogP contribution in [0.3, 0.4) is 0 Å². The lowest BCUT2D eigenvalue weighted by molar-refractivity contribution is -0.111. The number of furan rings is 1. The lowest BCUT2D eigenvalue weighted by atomic mass is 9.96. The van der Waals surface area contributed by atoms with Crippen molar-refractivity contribution in [1.82, 2.24) is 0 Å². The number of allylic oxidation sites excluding steroid dienone is 1. The number of nitrogens with one attached hydrogen (secondary N) is 1. The Kier molecular flexibility index (Phi) is 7.25. The van der Waals surface area contributed by atoms with E-state index in [1.54, 1.807) is 37.6 Å². The summed E-state index contributed by atoms with van der Waals surface area (Å²) in [6.07, 6.45) is 3.26. The van der Waals surface area contributed by atoms with Gasteiger partial charge in [0, 0.05) is 45.0 Å². The number of methoxy groups -OCH3 is 1.